The molecular formula is C10H15N3OS. The molecule has 1 aliphatic heterocycles. The molecule has 0 radical (unpaired) electrons. The summed E-state index contributed by atoms with van der Waals surface area (Å²) in [4.78, 5) is 18.8. The van der Waals surface area contributed by atoms with Gasteiger partial charge in [-0.3, -0.25) is 4.79 Å². The van der Waals surface area contributed by atoms with Crippen molar-refractivity contribution in [1.29, 1.82) is 0 Å². The van der Waals surface area contributed by atoms with Crippen LogP contribution in [0.25, 0.3) is 0 Å². The van der Waals surface area contributed by atoms with Gasteiger partial charge >= 0.3 is 0 Å². The number of nitrogens with one attached hydrogen (secondary N) is 1. The fraction of sp³-hybridized carbons (Fsp3) is 0.600. The summed E-state index contributed by atoms with van der Waals surface area (Å²) in [6, 6.07) is 0. The van der Waals surface area contributed by atoms with E-state index in [1.165, 1.54) is 4.88 Å². The lowest BCUT2D eigenvalue weighted by Crippen LogP contribution is -2.13. The van der Waals surface area contributed by atoms with Crippen LogP contribution in [0.15, 0.2) is 6.20 Å². The highest BCUT2D eigenvalue weighted by Gasteiger charge is 2.25. The third-order valence-electron chi connectivity index (χ3n) is 2.37. The maximum atomic E-state index is 11.1. The first-order valence-electron chi connectivity index (χ1n) is 5.01. The number of carbonyl (C=O) groups is 1. The number of rotatable bonds is 3. The van der Waals surface area contributed by atoms with E-state index in [1.54, 1.807) is 11.3 Å². The van der Waals surface area contributed by atoms with E-state index in [0.29, 0.717) is 12.3 Å². The van der Waals surface area contributed by atoms with Crippen molar-refractivity contribution in [2.75, 3.05) is 20.6 Å². The summed E-state index contributed by atoms with van der Waals surface area (Å²) in [7, 11) is 4.08. The summed E-state index contributed by atoms with van der Waals surface area (Å²) in [5.74, 6) is 0.433. The predicted molar refractivity (Wildman–Crippen MR) is 59.9 cm³/mol. The summed E-state index contributed by atoms with van der Waals surface area (Å²) in [5, 5.41) is 3.92. The zero-order valence-corrected chi connectivity index (χ0v) is 9.80. The molecule has 0 saturated carbocycles. The molecule has 1 N–H and O–H groups in total. The Morgan fingerprint density at radius 2 is 2.47 bits per heavy atom. The van der Waals surface area contributed by atoms with Crippen molar-refractivity contribution in [2.24, 2.45) is 0 Å². The Hall–Kier alpha value is -0.940. The largest absolute Gasteiger partial charge is 0.355 e. The fourth-order valence-corrected chi connectivity index (χ4v) is 2.81. The van der Waals surface area contributed by atoms with Gasteiger partial charge in [-0.05, 0) is 14.1 Å². The van der Waals surface area contributed by atoms with Crippen LogP contribution >= 0.6 is 11.3 Å². The van der Waals surface area contributed by atoms with Gasteiger partial charge in [-0.15, -0.1) is 11.3 Å². The predicted octanol–water partition coefficient (Wildman–Crippen LogP) is 0.808. The lowest BCUT2D eigenvalue weighted by Gasteiger charge is -2.05. The van der Waals surface area contributed by atoms with E-state index < -0.39 is 0 Å². The molecule has 0 bridgehead atoms. The minimum Gasteiger partial charge on any atom is -0.355 e. The molecule has 1 aliphatic rings. The Labute approximate surface area is 93.3 Å². The molecule has 2 heterocycles. The Bertz CT molecular complexity index is 361. The number of hydrogen-bond donors (Lipinski definition) is 1. The highest BCUT2D eigenvalue weighted by atomic mass is 32.1. The lowest BCUT2D eigenvalue weighted by molar-refractivity contribution is -0.119. The summed E-state index contributed by atoms with van der Waals surface area (Å²) in [5.41, 5.74) is 0. The molecule has 15 heavy (non-hydrogen) atoms. The molecule has 82 valence electrons. The van der Waals surface area contributed by atoms with E-state index in [0.717, 1.165) is 18.1 Å². The standard InChI is InChI=1S/C10H15N3OS/c1-13(2)6-8-5-12-10(15-8)7-3-9(14)11-4-7/h5,7H,3-4,6H2,1-2H3,(H,11,14). The van der Waals surface area contributed by atoms with Crippen LogP contribution in [0.2, 0.25) is 0 Å². The van der Waals surface area contributed by atoms with Crippen molar-refractivity contribution in [3.05, 3.63) is 16.1 Å². The lowest BCUT2D eigenvalue weighted by atomic mass is 10.1. The van der Waals surface area contributed by atoms with E-state index in [9.17, 15) is 4.79 Å². The van der Waals surface area contributed by atoms with E-state index in [2.05, 4.69) is 15.2 Å². The Balaban J connectivity index is 2.03. The highest BCUT2D eigenvalue weighted by molar-refractivity contribution is 7.11. The van der Waals surface area contributed by atoms with Gasteiger partial charge in [0.05, 0.1) is 5.01 Å². The van der Waals surface area contributed by atoms with Crippen LogP contribution in [0.4, 0.5) is 0 Å². The molecule has 0 aromatic carbocycles. The van der Waals surface area contributed by atoms with Crippen LogP contribution in [0.3, 0.4) is 0 Å². The Kier molecular flexibility index (Phi) is 3.02. The van der Waals surface area contributed by atoms with Gasteiger partial charge in [-0.2, -0.15) is 0 Å². The highest BCUT2D eigenvalue weighted by Crippen LogP contribution is 2.27. The van der Waals surface area contributed by atoms with E-state index in [4.69, 9.17) is 0 Å². The van der Waals surface area contributed by atoms with Gasteiger partial charge in [0.2, 0.25) is 5.91 Å². The smallest absolute Gasteiger partial charge is 0.220 e. The van der Waals surface area contributed by atoms with Crippen molar-refractivity contribution in [2.45, 2.75) is 18.9 Å². The van der Waals surface area contributed by atoms with Crippen LogP contribution in [0.5, 0.6) is 0 Å². The van der Waals surface area contributed by atoms with Gasteiger partial charge in [-0.25, -0.2) is 4.98 Å². The minimum atomic E-state index is 0.143. The summed E-state index contributed by atoms with van der Waals surface area (Å²) in [6.07, 6.45) is 2.51. The normalized spacial score (nSPS) is 21.0. The molecule has 1 saturated heterocycles. The van der Waals surface area contributed by atoms with Crippen LogP contribution in [-0.2, 0) is 11.3 Å². The molecule has 5 heteroatoms. The average molecular weight is 225 g/mol. The van der Waals surface area contributed by atoms with Gasteiger partial charge in [0.15, 0.2) is 0 Å². The molecule has 0 aliphatic carbocycles. The SMILES string of the molecule is CN(C)Cc1cnc(C2CNC(=O)C2)s1. The Morgan fingerprint density at radius 3 is 3.07 bits per heavy atom. The van der Waals surface area contributed by atoms with Gasteiger partial charge < -0.3 is 10.2 Å². The summed E-state index contributed by atoms with van der Waals surface area (Å²) in [6.45, 7) is 1.67. The van der Waals surface area contributed by atoms with Crippen molar-refractivity contribution in [3.63, 3.8) is 0 Å². The molecule has 2 rings (SSSR count). The minimum absolute atomic E-state index is 0.143. The van der Waals surface area contributed by atoms with Gasteiger partial charge in [0, 0.05) is 36.5 Å². The monoisotopic (exact) mass is 225 g/mol. The van der Waals surface area contributed by atoms with Crippen LogP contribution < -0.4 is 5.32 Å². The second-order valence-electron chi connectivity index (χ2n) is 4.11. The summed E-state index contributed by atoms with van der Waals surface area (Å²) >= 11 is 1.72. The van der Waals surface area contributed by atoms with Crippen molar-refractivity contribution >= 4 is 17.2 Å². The summed E-state index contributed by atoms with van der Waals surface area (Å²) < 4.78 is 0. The molecule has 1 fully saturated rings. The fourth-order valence-electron chi connectivity index (χ4n) is 1.68. The first-order valence-corrected chi connectivity index (χ1v) is 5.83. The molecule has 1 amide bonds. The molecule has 1 aromatic rings. The zero-order chi connectivity index (χ0) is 10.8. The topological polar surface area (TPSA) is 45.2 Å². The van der Waals surface area contributed by atoms with Crippen LogP contribution in [0, 0.1) is 0 Å². The van der Waals surface area contributed by atoms with Crippen molar-refractivity contribution < 1.29 is 4.79 Å². The second-order valence-corrected chi connectivity index (χ2v) is 5.25. The number of aromatic nitrogens is 1. The maximum Gasteiger partial charge on any atom is 0.220 e. The number of hydrogen-bond acceptors (Lipinski definition) is 4. The third-order valence-corrected chi connectivity index (χ3v) is 3.51. The van der Waals surface area contributed by atoms with Crippen LogP contribution in [0.1, 0.15) is 22.2 Å². The number of amides is 1. The van der Waals surface area contributed by atoms with E-state index in [-0.39, 0.29) is 5.91 Å². The number of nitrogens with zero attached hydrogens (tertiary/aromatic N) is 2. The maximum absolute atomic E-state index is 11.1. The first kappa shape index (κ1) is 10.6. The van der Waals surface area contributed by atoms with Crippen LogP contribution in [-0.4, -0.2) is 36.4 Å². The van der Waals surface area contributed by atoms with E-state index in [1.807, 2.05) is 20.3 Å². The quantitative estimate of drug-likeness (QED) is 0.828. The zero-order valence-electron chi connectivity index (χ0n) is 8.99. The molecule has 1 unspecified atom stereocenters. The molecular weight excluding hydrogens is 210 g/mol. The van der Waals surface area contributed by atoms with Crippen molar-refractivity contribution in [3.8, 4) is 0 Å². The molecule has 1 aromatic heterocycles. The average Bonchev–Trinajstić information content (AvgIpc) is 2.72. The molecule has 1 atom stereocenters. The van der Waals surface area contributed by atoms with Gasteiger partial charge in [0.25, 0.3) is 0 Å². The van der Waals surface area contributed by atoms with Gasteiger partial charge in [0.1, 0.15) is 0 Å². The number of thiazole rings is 1. The first-order chi connectivity index (χ1) is 7.15. The second kappa shape index (κ2) is 4.28. The van der Waals surface area contributed by atoms with Gasteiger partial charge in [-0.1, -0.05) is 0 Å². The van der Waals surface area contributed by atoms with Crippen molar-refractivity contribution in [1.82, 2.24) is 15.2 Å². The van der Waals surface area contributed by atoms with E-state index >= 15 is 0 Å². The molecule has 4 nitrogen and oxygen atoms in total. The Morgan fingerprint density at radius 1 is 1.67 bits per heavy atom. The molecule has 0 spiro atoms. The third kappa shape index (κ3) is 2.54. The number of carbonyl (C=O) groups excluding carboxylic acids is 1.